The number of hydrogen-bond acceptors (Lipinski definition) is 6. The summed E-state index contributed by atoms with van der Waals surface area (Å²) in [5, 5.41) is 6.37. The predicted molar refractivity (Wildman–Crippen MR) is 169 cm³/mol. The van der Waals surface area contributed by atoms with Crippen LogP contribution in [0.3, 0.4) is 0 Å². The van der Waals surface area contributed by atoms with Crippen molar-refractivity contribution in [3.05, 3.63) is 132 Å². The van der Waals surface area contributed by atoms with Gasteiger partial charge < -0.3 is 9.47 Å². The third-order valence-corrected chi connectivity index (χ3v) is 8.55. The fraction of sp³-hybridized carbons (Fsp3) is 0.118. The van der Waals surface area contributed by atoms with Gasteiger partial charge in [0, 0.05) is 0 Å². The van der Waals surface area contributed by atoms with Crippen molar-refractivity contribution in [2.45, 2.75) is 18.4 Å². The predicted octanol–water partition coefficient (Wildman–Crippen LogP) is 6.08. The number of rotatable bonds is 11. The summed E-state index contributed by atoms with van der Waals surface area (Å²) in [5.41, 5.74) is 5.48. The first-order chi connectivity index (χ1) is 20.8. The number of nitrogens with one attached hydrogen (secondary N) is 1. The van der Waals surface area contributed by atoms with Crippen molar-refractivity contribution in [1.29, 1.82) is 0 Å². The molecule has 43 heavy (non-hydrogen) atoms. The molecule has 0 bridgehead atoms. The maximum atomic E-state index is 13.5. The largest absolute Gasteiger partial charge is 0.497 e. The van der Waals surface area contributed by atoms with Gasteiger partial charge in [0.25, 0.3) is 15.9 Å². The lowest BCUT2D eigenvalue weighted by Crippen LogP contribution is -2.39. The summed E-state index contributed by atoms with van der Waals surface area (Å²) in [6.45, 7) is 1.84. The van der Waals surface area contributed by atoms with Gasteiger partial charge in [-0.05, 0) is 95.6 Å². The van der Waals surface area contributed by atoms with Crippen LogP contribution in [0, 0.1) is 6.92 Å². The van der Waals surface area contributed by atoms with Crippen LogP contribution in [0.2, 0.25) is 0 Å². The van der Waals surface area contributed by atoms with Gasteiger partial charge in [-0.25, -0.2) is 13.8 Å². The van der Waals surface area contributed by atoms with Gasteiger partial charge in [-0.3, -0.25) is 9.10 Å². The molecule has 218 valence electrons. The first kappa shape index (κ1) is 29.3. The van der Waals surface area contributed by atoms with Crippen LogP contribution in [0.25, 0.3) is 10.8 Å². The van der Waals surface area contributed by atoms with E-state index in [1.807, 2.05) is 49.4 Å². The molecule has 1 amide bonds. The second-order valence-electron chi connectivity index (χ2n) is 9.86. The summed E-state index contributed by atoms with van der Waals surface area (Å²) < 4.78 is 39.2. The highest BCUT2D eigenvalue weighted by molar-refractivity contribution is 7.92. The Bertz CT molecular complexity index is 1840. The minimum Gasteiger partial charge on any atom is -0.497 e. The molecule has 8 nitrogen and oxygen atoms in total. The number of hydrogen-bond donors (Lipinski definition) is 1. The molecule has 5 rings (SSSR count). The first-order valence-corrected chi connectivity index (χ1v) is 15.0. The van der Waals surface area contributed by atoms with Gasteiger partial charge in [0.2, 0.25) is 0 Å². The molecular formula is C34H31N3O5S. The molecule has 0 aliphatic rings. The number of methoxy groups -OCH3 is 1. The number of amides is 1. The second kappa shape index (κ2) is 13.2. The number of ether oxygens (including phenoxy) is 2. The van der Waals surface area contributed by atoms with E-state index in [1.165, 1.54) is 30.8 Å². The van der Waals surface area contributed by atoms with E-state index in [0.717, 1.165) is 26.4 Å². The van der Waals surface area contributed by atoms with Crippen LogP contribution in [0.15, 0.2) is 125 Å². The molecule has 0 spiro atoms. The van der Waals surface area contributed by atoms with E-state index < -0.39 is 22.5 Å². The summed E-state index contributed by atoms with van der Waals surface area (Å²) in [4.78, 5) is 12.9. The van der Waals surface area contributed by atoms with E-state index in [-0.39, 0.29) is 4.90 Å². The second-order valence-corrected chi connectivity index (χ2v) is 11.7. The molecule has 0 aromatic heterocycles. The van der Waals surface area contributed by atoms with Crippen LogP contribution in [0.4, 0.5) is 5.69 Å². The van der Waals surface area contributed by atoms with Gasteiger partial charge in [0.1, 0.15) is 24.7 Å². The third kappa shape index (κ3) is 7.38. The molecule has 0 radical (unpaired) electrons. The third-order valence-electron chi connectivity index (χ3n) is 6.76. The van der Waals surface area contributed by atoms with Crippen molar-refractivity contribution in [3.63, 3.8) is 0 Å². The van der Waals surface area contributed by atoms with Crippen LogP contribution in [0.5, 0.6) is 11.5 Å². The van der Waals surface area contributed by atoms with Crippen molar-refractivity contribution >= 4 is 38.6 Å². The van der Waals surface area contributed by atoms with E-state index >= 15 is 0 Å². The molecule has 0 saturated carbocycles. The molecule has 5 aromatic rings. The number of aryl methyl sites for hydroxylation is 1. The zero-order valence-corrected chi connectivity index (χ0v) is 24.6. The minimum atomic E-state index is -4.04. The highest BCUT2D eigenvalue weighted by Gasteiger charge is 2.27. The van der Waals surface area contributed by atoms with Crippen LogP contribution < -0.4 is 19.2 Å². The van der Waals surface area contributed by atoms with Crippen LogP contribution in [-0.4, -0.2) is 34.2 Å². The van der Waals surface area contributed by atoms with Gasteiger partial charge in [-0.15, -0.1) is 0 Å². The smallest absolute Gasteiger partial charge is 0.264 e. The molecule has 0 aliphatic carbocycles. The summed E-state index contributed by atoms with van der Waals surface area (Å²) in [6.07, 6.45) is 1.48. The van der Waals surface area contributed by atoms with Crippen molar-refractivity contribution in [3.8, 4) is 11.5 Å². The van der Waals surface area contributed by atoms with Gasteiger partial charge in [0.05, 0.1) is 23.9 Å². The molecule has 0 fully saturated rings. The van der Waals surface area contributed by atoms with Gasteiger partial charge in [0.15, 0.2) is 0 Å². The molecule has 0 atom stereocenters. The Morgan fingerprint density at radius 3 is 2.21 bits per heavy atom. The Labute approximate surface area is 251 Å². The van der Waals surface area contributed by atoms with Gasteiger partial charge >= 0.3 is 0 Å². The zero-order chi connectivity index (χ0) is 30.2. The molecular weight excluding hydrogens is 562 g/mol. The maximum Gasteiger partial charge on any atom is 0.264 e. The number of anilines is 1. The number of carbonyl (C=O) groups is 1. The SMILES string of the molecule is COc1ccc(N(CC(=O)N/N=C\c2ccc(OCc3ccc4ccccc4c3)cc2)S(=O)(=O)c2ccc(C)cc2)cc1. The number of carbonyl (C=O) groups excluding carboxylic acids is 1. The fourth-order valence-electron chi connectivity index (χ4n) is 4.39. The fourth-order valence-corrected chi connectivity index (χ4v) is 5.81. The van der Waals surface area contributed by atoms with Gasteiger partial charge in [-0.2, -0.15) is 5.10 Å². The van der Waals surface area contributed by atoms with E-state index in [4.69, 9.17) is 9.47 Å². The summed E-state index contributed by atoms with van der Waals surface area (Å²) in [5.74, 6) is 0.666. The van der Waals surface area contributed by atoms with Gasteiger partial charge in [-0.1, -0.05) is 54.1 Å². The zero-order valence-electron chi connectivity index (χ0n) is 23.8. The highest BCUT2D eigenvalue weighted by atomic mass is 32.2. The maximum absolute atomic E-state index is 13.5. The lowest BCUT2D eigenvalue weighted by molar-refractivity contribution is -0.119. The highest BCUT2D eigenvalue weighted by Crippen LogP contribution is 2.26. The molecule has 0 aliphatic heterocycles. The van der Waals surface area contributed by atoms with Crippen molar-refractivity contribution in [1.82, 2.24) is 5.43 Å². The molecule has 0 heterocycles. The van der Waals surface area contributed by atoms with E-state index in [1.54, 1.807) is 36.4 Å². The summed E-state index contributed by atoms with van der Waals surface area (Å²) >= 11 is 0. The Morgan fingerprint density at radius 2 is 1.51 bits per heavy atom. The Kier molecular flexibility index (Phi) is 9.02. The molecule has 1 N–H and O–H groups in total. The Balaban J connectivity index is 1.21. The Hall–Kier alpha value is -5.15. The van der Waals surface area contributed by atoms with E-state index in [0.29, 0.717) is 23.8 Å². The number of benzene rings is 5. The quantitative estimate of drug-likeness (QED) is 0.148. The van der Waals surface area contributed by atoms with Crippen molar-refractivity contribution in [2.75, 3.05) is 18.0 Å². The molecule has 5 aromatic carbocycles. The number of sulfonamides is 1. The van der Waals surface area contributed by atoms with Crippen molar-refractivity contribution < 1.29 is 22.7 Å². The van der Waals surface area contributed by atoms with Crippen molar-refractivity contribution in [2.24, 2.45) is 5.10 Å². The normalized spacial score (nSPS) is 11.4. The number of nitrogens with zero attached hydrogens (tertiary/aromatic N) is 2. The Morgan fingerprint density at radius 1 is 0.837 bits per heavy atom. The standard InChI is InChI=1S/C34H31N3O5S/c1-25-7-19-33(20-8-25)43(39,40)37(30-13-17-31(41-2)18-14-30)23-34(38)36-35-22-26-10-15-32(16-11-26)42-24-27-9-12-28-5-3-4-6-29(28)21-27/h3-22H,23-24H2,1-2H3,(H,36,38)/b35-22-. The van der Waals surface area contributed by atoms with Crippen LogP contribution >= 0.6 is 0 Å². The lowest BCUT2D eigenvalue weighted by Gasteiger charge is -2.24. The van der Waals surface area contributed by atoms with E-state index in [2.05, 4.69) is 34.8 Å². The summed E-state index contributed by atoms with van der Waals surface area (Å²) in [7, 11) is -2.52. The minimum absolute atomic E-state index is 0.0770. The molecule has 0 unspecified atom stereocenters. The molecule has 0 saturated heterocycles. The summed E-state index contributed by atoms with van der Waals surface area (Å²) in [6, 6.07) is 34.6. The van der Waals surface area contributed by atoms with Crippen LogP contribution in [0.1, 0.15) is 16.7 Å². The van der Waals surface area contributed by atoms with Crippen LogP contribution in [-0.2, 0) is 21.4 Å². The number of fused-ring (bicyclic) bond motifs is 1. The first-order valence-electron chi connectivity index (χ1n) is 13.6. The number of hydrazone groups is 1. The molecule has 9 heteroatoms. The average molecular weight is 594 g/mol. The lowest BCUT2D eigenvalue weighted by atomic mass is 10.1. The average Bonchev–Trinajstić information content (AvgIpc) is 3.03. The van der Waals surface area contributed by atoms with E-state index in [9.17, 15) is 13.2 Å². The monoisotopic (exact) mass is 593 g/mol. The topological polar surface area (TPSA) is 97.3 Å².